The van der Waals surface area contributed by atoms with Crippen LogP contribution in [0.2, 0.25) is 0 Å². The molecule has 0 aromatic heterocycles. The first-order valence-corrected chi connectivity index (χ1v) is 4.02. The van der Waals surface area contributed by atoms with Crippen LogP contribution in [0, 0.1) is 0 Å². The number of hydrogen-bond donors (Lipinski definition) is 3. The molecule has 0 heterocycles. The van der Waals surface area contributed by atoms with Gasteiger partial charge in [0, 0.05) is 6.42 Å². The molecule has 0 spiro atoms. The summed E-state index contributed by atoms with van der Waals surface area (Å²) in [6.07, 6.45) is -0.0557. The summed E-state index contributed by atoms with van der Waals surface area (Å²) in [6, 6.07) is -1.05. The fourth-order valence-corrected chi connectivity index (χ4v) is 0.717. The molecule has 6 nitrogen and oxygen atoms in total. The van der Waals surface area contributed by atoms with E-state index in [9.17, 15) is 14.0 Å². The number of nitrogens with one attached hydrogen (secondary N) is 1. The monoisotopic (exact) mass is 208 g/mol. The second-order valence-electron chi connectivity index (χ2n) is 2.55. The van der Waals surface area contributed by atoms with Crippen LogP contribution in [0.25, 0.3) is 0 Å². The lowest BCUT2D eigenvalue weighted by Crippen LogP contribution is -2.38. The number of alkyl halides is 1. The van der Waals surface area contributed by atoms with Crippen molar-refractivity contribution in [1.29, 1.82) is 0 Å². The minimum Gasteiger partial charge on any atom is -0.480 e. The molecule has 0 aliphatic heterocycles. The van der Waals surface area contributed by atoms with Crippen LogP contribution >= 0.6 is 0 Å². The zero-order chi connectivity index (χ0) is 11.0. The summed E-state index contributed by atoms with van der Waals surface area (Å²) in [5.74, 6) is -1.77. The lowest BCUT2D eigenvalue weighted by Gasteiger charge is -2.12. The third kappa shape index (κ3) is 6.32. The summed E-state index contributed by atoms with van der Waals surface area (Å²) in [7, 11) is 0. The molecule has 4 N–H and O–H groups in total. The first kappa shape index (κ1) is 12.8. The molecule has 0 aromatic carbocycles. The smallest absolute Gasteiger partial charge is 0.323 e. The first-order valence-electron chi connectivity index (χ1n) is 4.02. The number of aliphatic carboxylic acids is 1. The predicted molar refractivity (Wildman–Crippen MR) is 44.9 cm³/mol. The first-order chi connectivity index (χ1) is 6.57. The average molecular weight is 208 g/mol. The minimum absolute atomic E-state index is 0.0109. The van der Waals surface area contributed by atoms with E-state index < -0.39 is 24.6 Å². The molecule has 1 atom stereocenters. The number of carbonyl (C=O) groups excluding carboxylic acids is 1. The fourth-order valence-electron chi connectivity index (χ4n) is 0.717. The third-order valence-corrected chi connectivity index (χ3v) is 1.38. The van der Waals surface area contributed by atoms with Crippen molar-refractivity contribution in [3.05, 3.63) is 0 Å². The standard InChI is InChI=1S/C7H13FN2O4/c8-3-4-14-10-5(7(12)13)1-2-6(9)11/h5,10H,1-4H2,(H2,9,11)(H,12,13)/t5-/m0/s1. The maximum atomic E-state index is 11.6. The summed E-state index contributed by atoms with van der Waals surface area (Å²) in [6.45, 7) is -0.949. The van der Waals surface area contributed by atoms with Crippen molar-refractivity contribution >= 4 is 11.9 Å². The maximum Gasteiger partial charge on any atom is 0.323 e. The van der Waals surface area contributed by atoms with Gasteiger partial charge in [-0.15, -0.1) is 0 Å². The van der Waals surface area contributed by atoms with Gasteiger partial charge in [0.15, 0.2) is 0 Å². The molecule has 1 amide bonds. The van der Waals surface area contributed by atoms with Crippen LogP contribution in [0.5, 0.6) is 0 Å². The highest BCUT2D eigenvalue weighted by Gasteiger charge is 2.17. The molecule has 0 radical (unpaired) electrons. The summed E-state index contributed by atoms with van der Waals surface area (Å²) < 4.78 is 11.6. The summed E-state index contributed by atoms with van der Waals surface area (Å²) in [4.78, 5) is 25.4. The van der Waals surface area contributed by atoms with Crippen LogP contribution in [0.3, 0.4) is 0 Å². The Hall–Kier alpha value is -1.21. The van der Waals surface area contributed by atoms with Crippen LogP contribution in [0.1, 0.15) is 12.8 Å². The Labute approximate surface area is 80.2 Å². The van der Waals surface area contributed by atoms with Crippen LogP contribution in [-0.2, 0) is 14.4 Å². The summed E-state index contributed by atoms with van der Waals surface area (Å²) in [5, 5.41) is 8.60. The van der Waals surface area contributed by atoms with Crippen LogP contribution in [-0.4, -0.2) is 36.3 Å². The van der Waals surface area contributed by atoms with E-state index in [1.807, 2.05) is 0 Å². The number of halogens is 1. The minimum atomic E-state index is -1.18. The number of carbonyl (C=O) groups is 2. The third-order valence-electron chi connectivity index (χ3n) is 1.38. The summed E-state index contributed by atoms with van der Waals surface area (Å²) >= 11 is 0. The molecule has 0 bridgehead atoms. The van der Waals surface area contributed by atoms with Gasteiger partial charge in [0.1, 0.15) is 12.7 Å². The van der Waals surface area contributed by atoms with Crippen LogP contribution in [0.4, 0.5) is 4.39 Å². The number of rotatable bonds is 8. The van der Waals surface area contributed by atoms with Crippen molar-refractivity contribution in [2.75, 3.05) is 13.3 Å². The van der Waals surface area contributed by atoms with E-state index >= 15 is 0 Å². The number of hydroxylamine groups is 1. The van der Waals surface area contributed by atoms with Gasteiger partial charge in [0.25, 0.3) is 0 Å². The molecule has 14 heavy (non-hydrogen) atoms. The van der Waals surface area contributed by atoms with Gasteiger partial charge in [-0.25, -0.2) is 4.39 Å². The molecule has 0 aromatic rings. The number of hydrogen-bond acceptors (Lipinski definition) is 4. The lowest BCUT2D eigenvalue weighted by atomic mass is 10.1. The maximum absolute atomic E-state index is 11.6. The van der Waals surface area contributed by atoms with Crippen molar-refractivity contribution in [1.82, 2.24) is 5.48 Å². The highest BCUT2D eigenvalue weighted by atomic mass is 19.1. The quantitative estimate of drug-likeness (QED) is 0.358. The molecule has 0 unspecified atom stereocenters. The van der Waals surface area contributed by atoms with E-state index in [1.54, 1.807) is 0 Å². The zero-order valence-electron chi connectivity index (χ0n) is 7.53. The number of carboxylic acid groups (broad SMARTS) is 1. The Bertz CT molecular complexity index is 200. The largest absolute Gasteiger partial charge is 0.480 e. The van der Waals surface area contributed by atoms with Crippen molar-refractivity contribution in [3.8, 4) is 0 Å². The predicted octanol–water partition coefficient (Wildman–Crippen LogP) is -0.804. The molecular formula is C7H13FN2O4. The van der Waals surface area contributed by atoms with Gasteiger partial charge in [0.2, 0.25) is 5.91 Å². The molecule has 0 fully saturated rings. The molecule has 0 saturated heterocycles. The van der Waals surface area contributed by atoms with Crippen molar-refractivity contribution < 1.29 is 23.9 Å². The second kappa shape index (κ2) is 7.22. The zero-order valence-corrected chi connectivity index (χ0v) is 7.53. The van der Waals surface area contributed by atoms with Gasteiger partial charge in [-0.05, 0) is 6.42 Å². The molecule has 7 heteroatoms. The molecule has 82 valence electrons. The van der Waals surface area contributed by atoms with Gasteiger partial charge >= 0.3 is 5.97 Å². The van der Waals surface area contributed by atoms with Crippen molar-refractivity contribution in [2.45, 2.75) is 18.9 Å². The van der Waals surface area contributed by atoms with E-state index in [2.05, 4.69) is 10.3 Å². The van der Waals surface area contributed by atoms with Crippen molar-refractivity contribution in [3.63, 3.8) is 0 Å². The Balaban J connectivity index is 3.78. The summed E-state index contributed by atoms with van der Waals surface area (Å²) in [5.41, 5.74) is 6.96. The lowest BCUT2D eigenvalue weighted by molar-refractivity contribution is -0.144. The van der Waals surface area contributed by atoms with Crippen LogP contribution < -0.4 is 11.2 Å². The molecule has 0 aliphatic rings. The van der Waals surface area contributed by atoms with E-state index in [0.29, 0.717) is 0 Å². The van der Waals surface area contributed by atoms with E-state index in [4.69, 9.17) is 10.8 Å². The highest BCUT2D eigenvalue weighted by molar-refractivity contribution is 5.77. The van der Waals surface area contributed by atoms with E-state index in [-0.39, 0.29) is 19.4 Å². The second-order valence-corrected chi connectivity index (χ2v) is 2.55. The molecule has 0 rings (SSSR count). The van der Waals surface area contributed by atoms with Gasteiger partial charge in [-0.1, -0.05) is 0 Å². The van der Waals surface area contributed by atoms with E-state index in [1.165, 1.54) is 0 Å². The Kier molecular flexibility index (Phi) is 6.59. The topological polar surface area (TPSA) is 102 Å². The van der Waals surface area contributed by atoms with Gasteiger partial charge in [-0.3, -0.25) is 14.4 Å². The number of carboxylic acids is 1. The van der Waals surface area contributed by atoms with Crippen molar-refractivity contribution in [2.24, 2.45) is 5.73 Å². The van der Waals surface area contributed by atoms with Crippen LogP contribution in [0.15, 0.2) is 0 Å². The normalized spacial score (nSPS) is 12.4. The Morgan fingerprint density at radius 3 is 2.64 bits per heavy atom. The number of primary amides is 1. The van der Waals surface area contributed by atoms with E-state index in [0.717, 1.165) is 0 Å². The average Bonchev–Trinajstić information content (AvgIpc) is 2.10. The molecule has 0 aliphatic carbocycles. The molecule has 0 saturated carbocycles. The van der Waals surface area contributed by atoms with Gasteiger partial charge in [-0.2, -0.15) is 5.48 Å². The highest BCUT2D eigenvalue weighted by Crippen LogP contribution is 1.97. The molecular weight excluding hydrogens is 195 g/mol. The Morgan fingerprint density at radius 1 is 1.57 bits per heavy atom. The fraction of sp³-hybridized carbons (Fsp3) is 0.714. The SMILES string of the molecule is NC(=O)CC[C@H](NOCCF)C(=O)O. The Morgan fingerprint density at radius 2 is 2.21 bits per heavy atom. The number of nitrogens with two attached hydrogens (primary N) is 1. The number of amides is 1. The van der Waals surface area contributed by atoms with Gasteiger partial charge in [0.05, 0.1) is 6.61 Å². The van der Waals surface area contributed by atoms with Gasteiger partial charge < -0.3 is 10.8 Å².